The Hall–Kier alpha value is -1.35. The third kappa shape index (κ3) is 2.03. The van der Waals surface area contributed by atoms with E-state index in [4.69, 9.17) is 5.73 Å². The number of benzene rings is 1. The van der Waals surface area contributed by atoms with Crippen molar-refractivity contribution >= 4 is 11.6 Å². The molecule has 1 aliphatic rings. The third-order valence-electron chi connectivity index (χ3n) is 3.74. The molecule has 1 aliphatic heterocycles. The number of aryl methyl sites for hydroxylation is 2. The Labute approximate surface area is 109 Å². The number of carbonyl (C=O) groups excluding carboxylic acids is 1. The lowest BCUT2D eigenvalue weighted by Crippen LogP contribution is -2.32. The third-order valence-corrected chi connectivity index (χ3v) is 3.74. The molecule has 1 amide bonds. The molecular formula is C15H22N2O. The Bertz CT molecular complexity index is 468. The highest BCUT2D eigenvalue weighted by molar-refractivity contribution is 6.05. The fourth-order valence-corrected chi connectivity index (χ4v) is 2.71. The zero-order valence-electron chi connectivity index (χ0n) is 11.5. The second-order valence-corrected chi connectivity index (χ2v) is 5.14. The van der Waals surface area contributed by atoms with Crippen molar-refractivity contribution in [3.05, 3.63) is 28.8 Å². The van der Waals surface area contributed by atoms with E-state index in [1.54, 1.807) is 0 Å². The number of fused-ring (bicyclic) bond motifs is 1. The summed E-state index contributed by atoms with van der Waals surface area (Å²) in [7, 11) is 0. The minimum Gasteiger partial charge on any atom is -0.316 e. The van der Waals surface area contributed by atoms with Crippen molar-refractivity contribution in [2.24, 2.45) is 5.73 Å². The Morgan fingerprint density at radius 3 is 2.56 bits per heavy atom. The number of hydrogen-bond acceptors (Lipinski definition) is 2. The van der Waals surface area contributed by atoms with Gasteiger partial charge in [0.15, 0.2) is 0 Å². The first-order valence-corrected chi connectivity index (χ1v) is 6.75. The van der Waals surface area contributed by atoms with Gasteiger partial charge in [-0.25, -0.2) is 0 Å². The zero-order chi connectivity index (χ0) is 13.3. The van der Waals surface area contributed by atoms with Crippen LogP contribution in [0.5, 0.6) is 0 Å². The number of anilines is 1. The van der Waals surface area contributed by atoms with Crippen LogP contribution in [0.3, 0.4) is 0 Å². The molecule has 0 aliphatic carbocycles. The van der Waals surface area contributed by atoms with Gasteiger partial charge in [0, 0.05) is 12.1 Å². The molecule has 1 atom stereocenters. The Morgan fingerprint density at radius 1 is 1.22 bits per heavy atom. The molecule has 2 N–H and O–H groups in total. The van der Waals surface area contributed by atoms with Crippen LogP contribution in [0.1, 0.15) is 48.9 Å². The molecule has 1 aromatic rings. The largest absolute Gasteiger partial charge is 0.316 e. The van der Waals surface area contributed by atoms with Crippen molar-refractivity contribution in [1.29, 1.82) is 0 Å². The first-order valence-electron chi connectivity index (χ1n) is 6.75. The van der Waals surface area contributed by atoms with E-state index in [1.807, 2.05) is 11.8 Å². The standard InChI is InChI=1S/C15H22N2O/c1-4-5-6-9-17-14-11(3)8-7-10(2)12(14)13(16)15(17)18/h7-8,13H,4-6,9,16H2,1-3H3. The van der Waals surface area contributed by atoms with E-state index in [1.165, 1.54) is 0 Å². The lowest BCUT2D eigenvalue weighted by molar-refractivity contribution is -0.119. The molecule has 0 bridgehead atoms. The van der Waals surface area contributed by atoms with E-state index in [2.05, 4.69) is 26.0 Å². The van der Waals surface area contributed by atoms with Gasteiger partial charge in [0.1, 0.15) is 6.04 Å². The van der Waals surface area contributed by atoms with Crippen molar-refractivity contribution in [2.75, 3.05) is 11.4 Å². The summed E-state index contributed by atoms with van der Waals surface area (Å²) in [6, 6.07) is 3.66. The normalized spacial score (nSPS) is 18.3. The number of nitrogens with zero attached hydrogens (tertiary/aromatic N) is 1. The van der Waals surface area contributed by atoms with Crippen LogP contribution in [-0.2, 0) is 4.79 Å². The van der Waals surface area contributed by atoms with Crippen LogP contribution in [0.2, 0.25) is 0 Å². The van der Waals surface area contributed by atoms with Crippen LogP contribution in [0.25, 0.3) is 0 Å². The number of unbranched alkanes of at least 4 members (excludes halogenated alkanes) is 2. The first kappa shape index (κ1) is 13.1. The summed E-state index contributed by atoms with van der Waals surface area (Å²) >= 11 is 0. The molecule has 3 heteroatoms. The maximum atomic E-state index is 12.3. The van der Waals surface area contributed by atoms with Gasteiger partial charge in [0.25, 0.3) is 0 Å². The number of carbonyl (C=O) groups is 1. The van der Waals surface area contributed by atoms with Gasteiger partial charge in [-0.05, 0) is 31.4 Å². The average Bonchev–Trinajstić information content (AvgIpc) is 2.60. The molecule has 0 saturated heterocycles. The predicted molar refractivity (Wildman–Crippen MR) is 74.7 cm³/mol. The van der Waals surface area contributed by atoms with Crippen molar-refractivity contribution < 1.29 is 4.79 Å². The highest BCUT2D eigenvalue weighted by Crippen LogP contribution is 2.39. The van der Waals surface area contributed by atoms with Gasteiger partial charge in [-0.2, -0.15) is 0 Å². The van der Waals surface area contributed by atoms with Gasteiger partial charge in [-0.3, -0.25) is 4.79 Å². The van der Waals surface area contributed by atoms with E-state index in [0.29, 0.717) is 0 Å². The fourth-order valence-electron chi connectivity index (χ4n) is 2.71. The van der Waals surface area contributed by atoms with Crippen LogP contribution < -0.4 is 10.6 Å². The molecule has 1 aromatic carbocycles. The average molecular weight is 246 g/mol. The van der Waals surface area contributed by atoms with Crippen LogP contribution in [-0.4, -0.2) is 12.5 Å². The molecule has 18 heavy (non-hydrogen) atoms. The maximum Gasteiger partial charge on any atom is 0.248 e. The van der Waals surface area contributed by atoms with Gasteiger partial charge in [0.05, 0.1) is 5.69 Å². The first-order chi connectivity index (χ1) is 8.57. The summed E-state index contributed by atoms with van der Waals surface area (Å²) in [4.78, 5) is 14.1. The minimum atomic E-state index is -0.471. The second kappa shape index (κ2) is 5.11. The number of rotatable bonds is 4. The number of amides is 1. The monoisotopic (exact) mass is 246 g/mol. The van der Waals surface area contributed by atoms with E-state index in [0.717, 1.165) is 48.2 Å². The summed E-state index contributed by atoms with van der Waals surface area (Å²) < 4.78 is 0. The van der Waals surface area contributed by atoms with Crippen LogP contribution >= 0.6 is 0 Å². The molecular weight excluding hydrogens is 224 g/mol. The van der Waals surface area contributed by atoms with Crippen LogP contribution in [0, 0.1) is 13.8 Å². The summed E-state index contributed by atoms with van der Waals surface area (Å²) in [5.74, 6) is 0.0542. The molecule has 98 valence electrons. The summed E-state index contributed by atoms with van der Waals surface area (Å²) in [6.07, 6.45) is 3.36. The second-order valence-electron chi connectivity index (χ2n) is 5.14. The van der Waals surface area contributed by atoms with Crippen molar-refractivity contribution in [3.63, 3.8) is 0 Å². The highest BCUT2D eigenvalue weighted by Gasteiger charge is 2.36. The van der Waals surface area contributed by atoms with Crippen molar-refractivity contribution in [2.45, 2.75) is 46.1 Å². The lowest BCUT2D eigenvalue weighted by atomic mass is 10.00. The molecule has 2 rings (SSSR count). The predicted octanol–water partition coefficient (Wildman–Crippen LogP) is 2.84. The minimum absolute atomic E-state index is 0.0542. The van der Waals surface area contributed by atoms with E-state index >= 15 is 0 Å². The molecule has 0 saturated carbocycles. The fraction of sp³-hybridized carbons (Fsp3) is 0.533. The molecule has 0 radical (unpaired) electrons. The quantitative estimate of drug-likeness (QED) is 0.830. The van der Waals surface area contributed by atoms with Crippen molar-refractivity contribution in [1.82, 2.24) is 0 Å². The molecule has 0 fully saturated rings. The summed E-state index contributed by atoms with van der Waals surface area (Å²) in [6.45, 7) is 7.04. The van der Waals surface area contributed by atoms with Gasteiger partial charge >= 0.3 is 0 Å². The molecule has 0 aromatic heterocycles. The molecule has 3 nitrogen and oxygen atoms in total. The van der Waals surface area contributed by atoms with Gasteiger partial charge in [-0.1, -0.05) is 31.9 Å². The van der Waals surface area contributed by atoms with E-state index in [-0.39, 0.29) is 5.91 Å². The Kier molecular flexibility index (Phi) is 3.71. The number of hydrogen-bond donors (Lipinski definition) is 1. The molecule has 1 heterocycles. The van der Waals surface area contributed by atoms with E-state index < -0.39 is 6.04 Å². The molecule has 0 spiro atoms. The Balaban J connectivity index is 2.35. The van der Waals surface area contributed by atoms with E-state index in [9.17, 15) is 4.79 Å². The Morgan fingerprint density at radius 2 is 1.89 bits per heavy atom. The summed E-state index contributed by atoms with van der Waals surface area (Å²) in [5, 5.41) is 0. The lowest BCUT2D eigenvalue weighted by Gasteiger charge is -2.19. The molecule has 1 unspecified atom stereocenters. The zero-order valence-corrected chi connectivity index (χ0v) is 11.5. The highest BCUT2D eigenvalue weighted by atomic mass is 16.2. The summed E-state index contributed by atoms with van der Waals surface area (Å²) in [5.41, 5.74) is 10.4. The topological polar surface area (TPSA) is 46.3 Å². The van der Waals surface area contributed by atoms with Gasteiger partial charge < -0.3 is 10.6 Å². The number of nitrogens with two attached hydrogens (primary N) is 1. The van der Waals surface area contributed by atoms with Gasteiger partial charge in [-0.15, -0.1) is 0 Å². The van der Waals surface area contributed by atoms with Crippen LogP contribution in [0.4, 0.5) is 5.69 Å². The smallest absolute Gasteiger partial charge is 0.248 e. The SMILES string of the molecule is CCCCCN1C(=O)C(N)c2c(C)ccc(C)c21. The van der Waals surface area contributed by atoms with Crippen LogP contribution in [0.15, 0.2) is 12.1 Å². The van der Waals surface area contributed by atoms with Gasteiger partial charge in [0.2, 0.25) is 5.91 Å². The maximum absolute atomic E-state index is 12.3. The van der Waals surface area contributed by atoms with Crippen molar-refractivity contribution in [3.8, 4) is 0 Å².